The van der Waals surface area contributed by atoms with E-state index in [-0.39, 0.29) is 11.6 Å². The Hall–Kier alpha value is -1.99. The summed E-state index contributed by atoms with van der Waals surface area (Å²) in [7, 11) is 1.48. The van der Waals surface area contributed by atoms with Crippen molar-refractivity contribution >= 4 is 0 Å². The van der Waals surface area contributed by atoms with Crippen LogP contribution in [0, 0.1) is 5.82 Å². The third kappa shape index (κ3) is 4.76. The van der Waals surface area contributed by atoms with Crippen LogP contribution >= 0.6 is 0 Å². The quantitative estimate of drug-likeness (QED) is 0.799. The number of ether oxygens (including phenoxy) is 1. The average Bonchev–Trinajstić information content (AvgIpc) is 2.95. The van der Waals surface area contributed by atoms with E-state index >= 15 is 0 Å². The molecule has 2 heterocycles. The number of hydrogen-bond acceptors (Lipinski definition) is 6. The Bertz CT molecular complexity index is 691. The van der Waals surface area contributed by atoms with Gasteiger partial charge in [-0.05, 0) is 37.2 Å². The molecule has 0 N–H and O–H groups in total. The van der Waals surface area contributed by atoms with E-state index in [4.69, 9.17) is 9.26 Å². The molecule has 0 radical (unpaired) electrons. The van der Waals surface area contributed by atoms with Crippen LogP contribution in [0.15, 0.2) is 22.7 Å². The summed E-state index contributed by atoms with van der Waals surface area (Å²) in [5.41, 5.74) is 0.970. The van der Waals surface area contributed by atoms with Crippen molar-refractivity contribution in [1.82, 2.24) is 19.9 Å². The Balaban J connectivity index is 1.53. The number of rotatable bonds is 6. The maximum absolute atomic E-state index is 13.8. The predicted molar refractivity (Wildman–Crippen MR) is 91.8 cm³/mol. The molecule has 25 heavy (non-hydrogen) atoms. The highest BCUT2D eigenvalue weighted by molar-refractivity contribution is 5.29. The molecule has 1 aliphatic heterocycles. The van der Waals surface area contributed by atoms with Crippen molar-refractivity contribution in [3.63, 3.8) is 0 Å². The fraction of sp³-hybridized carbons (Fsp3) is 0.556. The van der Waals surface area contributed by atoms with Crippen LogP contribution in [0.1, 0.15) is 30.6 Å². The molecule has 1 aromatic heterocycles. The smallest absolute Gasteiger partial charge is 0.226 e. The fourth-order valence-electron chi connectivity index (χ4n) is 3.11. The molecule has 0 bridgehead atoms. The number of benzene rings is 1. The zero-order valence-corrected chi connectivity index (χ0v) is 14.9. The number of methoxy groups -OCH3 is 1. The van der Waals surface area contributed by atoms with Crippen LogP contribution < -0.4 is 4.74 Å². The maximum atomic E-state index is 13.8. The molecule has 0 atom stereocenters. The van der Waals surface area contributed by atoms with E-state index in [0.717, 1.165) is 57.0 Å². The van der Waals surface area contributed by atoms with Crippen LogP contribution in [-0.4, -0.2) is 53.2 Å². The number of nitrogens with zero attached hydrogens (tertiary/aromatic N) is 4. The lowest BCUT2D eigenvalue weighted by atomic mass is 10.2. The summed E-state index contributed by atoms with van der Waals surface area (Å²) in [5.74, 6) is 1.42. The minimum atomic E-state index is -0.305. The molecule has 0 amide bonds. The van der Waals surface area contributed by atoms with Gasteiger partial charge in [0.2, 0.25) is 5.89 Å². The number of aryl methyl sites for hydroxylation is 1. The molecule has 1 aliphatic rings. The highest BCUT2D eigenvalue weighted by atomic mass is 19.1. The van der Waals surface area contributed by atoms with Gasteiger partial charge in [-0.25, -0.2) is 4.39 Å². The first-order chi connectivity index (χ1) is 12.2. The van der Waals surface area contributed by atoms with Crippen molar-refractivity contribution in [3.05, 3.63) is 41.3 Å². The van der Waals surface area contributed by atoms with Crippen molar-refractivity contribution in [2.45, 2.75) is 32.9 Å². The summed E-state index contributed by atoms with van der Waals surface area (Å²) in [6, 6.07) is 5.18. The topological polar surface area (TPSA) is 54.6 Å². The number of halogens is 1. The molecular formula is C18H25FN4O2. The Morgan fingerprint density at radius 2 is 1.92 bits per heavy atom. The third-order valence-electron chi connectivity index (χ3n) is 4.48. The zero-order valence-electron chi connectivity index (χ0n) is 14.9. The van der Waals surface area contributed by atoms with Crippen molar-refractivity contribution < 1.29 is 13.7 Å². The monoisotopic (exact) mass is 348 g/mol. The van der Waals surface area contributed by atoms with E-state index in [0.29, 0.717) is 12.4 Å². The molecule has 0 spiro atoms. The van der Waals surface area contributed by atoms with Gasteiger partial charge in [0.05, 0.1) is 13.7 Å². The Morgan fingerprint density at radius 3 is 2.56 bits per heavy atom. The molecule has 6 nitrogen and oxygen atoms in total. The first kappa shape index (κ1) is 17.8. The molecule has 7 heteroatoms. The van der Waals surface area contributed by atoms with Gasteiger partial charge in [-0.2, -0.15) is 4.98 Å². The molecule has 1 fully saturated rings. The molecule has 0 unspecified atom stereocenters. The lowest BCUT2D eigenvalue weighted by molar-refractivity contribution is 0.241. The highest BCUT2D eigenvalue weighted by Gasteiger charge is 2.17. The van der Waals surface area contributed by atoms with Gasteiger partial charge >= 0.3 is 0 Å². The molecular weight excluding hydrogens is 323 g/mol. The van der Waals surface area contributed by atoms with E-state index in [9.17, 15) is 4.39 Å². The van der Waals surface area contributed by atoms with Crippen LogP contribution in [-0.2, 0) is 19.5 Å². The fourth-order valence-corrected chi connectivity index (χ4v) is 3.11. The van der Waals surface area contributed by atoms with Gasteiger partial charge in [0.1, 0.15) is 0 Å². The second kappa shape index (κ2) is 8.40. The molecule has 3 rings (SSSR count). The van der Waals surface area contributed by atoms with E-state index < -0.39 is 0 Å². The number of aromatic nitrogens is 2. The summed E-state index contributed by atoms with van der Waals surface area (Å²) in [5, 5.41) is 4.03. The van der Waals surface area contributed by atoms with Gasteiger partial charge in [0, 0.05) is 26.1 Å². The number of hydrogen-bond donors (Lipinski definition) is 0. The molecule has 0 aliphatic carbocycles. The second-order valence-electron chi connectivity index (χ2n) is 6.33. The van der Waals surface area contributed by atoms with Crippen LogP contribution in [0.4, 0.5) is 4.39 Å². The van der Waals surface area contributed by atoms with Gasteiger partial charge in [0.15, 0.2) is 17.4 Å². The third-order valence-corrected chi connectivity index (χ3v) is 4.48. The van der Waals surface area contributed by atoms with E-state index in [1.165, 1.54) is 7.11 Å². The lowest BCUT2D eigenvalue weighted by Crippen LogP contribution is -2.30. The largest absolute Gasteiger partial charge is 0.494 e. The van der Waals surface area contributed by atoms with Crippen molar-refractivity contribution in [3.8, 4) is 5.75 Å². The van der Waals surface area contributed by atoms with E-state index in [1.54, 1.807) is 12.1 Å². The summed E-state index contributed by atoms with van der Waals surface area (Å²) >= 11 is 0. The van der Waals surface area contributed by atoms with E-state index in [1.807, 2.05) is 13.0 Å². The summed E-state index contributed by atoms with van der Waals surface area (Å²) in [6.07, 6.45) is 1.83. The Labute approximate surface area is 147 Å². The standard InChI is InChI=1S/C18H25FN4O2/c1-3-18-20-17(21-25-18)13-23-8-4-7-22(9-10-23)12-14-5-6-16(24-2)15(19)11-14/h5-6,11H,3-4,7-10,12-13H2,1-2H3. The Morgan fingerprint density at radius 1 is 1.16 bits per heavy atom. The maximum Gasteiger partial charge on any atom is 0.226 e. The summed E-state index contributed by atoms with van der Waals surface area (Å²) in [6.45, 7) is 7.34. The molecule has 2 aromatic rings. The molecule has 1 aromatic carbocycles. The minimum Gasteiger partial charge on any atom is -0.494 e. The van der Waals surface area contributed by atoms with Crippen molar-refractivity contribution in [2.24, 2.45) is 0 Å². The van der Waals surface area contributed by atoms with E-state index in [2.05, 4.69) is 19.9 Å². The molecule has 1 saturated heterocycles. The molecule has 136 valence electrons. The molecule has 0 saturated carbocycles. The van der Waals surface area contributed by atoms with Crippen molar-refractivity contribution in [2.75, 3.05) is 33.3 Å². The first-order valence-corrected chi connectivity index (χ1v) is 8.76. The minimum absolute atomic E-state index is 0.289. The van der Waals surface area contributed by atoms with Crippen molar-refractivity contribution in [1.29, 1.82) is 0 Å². The first-order valence-electron chi connectivity index (χ1n) is 8.76. The van der Waals surface area contributed by atoms with Gasteiger partial charge in [0.25, 0.3) is 0 Å². The average molecular weight is 348 g/mol. The van der Waals surface area contributed by atoms with Gasteiger partial charge in [-0.3, -0.25) is 9.80 Å². The van der Waals surface area contributed by atoms with Gasteiger partial charge in [-0.15, -0.1) is 0 Å². The lowest BCUT2D eigenvalue weighted by Gasteiger charge is -2.21. The van der Waals surface area contributed by atoms with Gasteiger partial charge in [-0.1, -0.05) is 18.1 Å². The predicted octanol–water partition coefficient (Wildman–Crippen LogP) is 2.49. The highest BCUT2D eigenvalue weighted by Crippen LogP contribution is 2.19. The normalized spacial score (nSPS) is 16.8. The van der Waals surface area contributed by atoms with Crippen LogP contribution in [0.2, 0.25) is 0 Å². The summed E-state index contributed by atoms with van der Waals surface area (Å²) < 4.78 is 24.0. The van der Waals surface area contributed by atoms with Crippen LogP contribution in [0.5, 0.6) is 5.75 Å². The second-order valence-corrected chi connectivity index (χ2v) is 6.33. The van der Waals surface area contributed by atoms with Gasteiger partial charge < -0.3 is 9.26 Å². The zero-order chi connectivity index (χ0) is 17.6. The summed E-state index contributed by atoms with van der Waals surface area (Å²) in [4.78, 5) is 9.08. The Kier molecular flexibility index (Phi) is 5.99. The van der Waals surface area contributed by atoms with Crippen LogP contribution in [0.3, 0.4) is 0 Å². The SMILES string of the molecule is CCc1nc(CN2CCCN(Cc3ccc(OC)c(F)c3)CC2)no1. The van der Waals surface area contributed by atoms with Crippen LogP contribution in [0.25, 0.3) is 0 Å².